The summed E-state index contributed by atoms with van der Waals surface area (Å²) in [5.74, 6) is 1.43. The van der Waals surface area contributed by atoms with Crippen molar-refractivity contribution < 1.29 is 0 Å². The molecule has 1 fully saturated rings. The van der Waals surface area contributed by atoms with Gasteiger partial charge in [0.15, 0.2) is 0 Å². The first-order chi connectivity index (χ1) is 7.60. The second-order valence-corrected chi connectivity index (χ2v) is 5.53. The van der Waals surface area contributed by atoms with Crippen LogP contribution in [0.25, 0.3) is 0 Å². The first-order valence-corrected chi connectivity index (χ1v) is 6.33. The van der Waals surface area contributed by atoms with Gasteiger partial charge in [-0.3, -0.25) is 0 Å². The Balaban J connectivity index is 2.22. The SMILES string of the molecule is CC(C)(c1ccnc(N)c1)C1CCCCC1. The lowest BCUT2D eigenvalue weighted by Gasteiger charge is -2.37. The van der Waals surface area contributed by atoms with E-state index >= 15 is 0 Å². The smallest absolute Gasteiger partial charge is 0.123 e. The van der Waals surface area contributed by atoms with Crippen LogP contribution >= 0.6 is 0 Å². The van der Waals surface area contributed by atoms with Crippen molar-refractivity contribution in [1.82, 2.24) is 4.98 Å². The molecule has 2 heteroatoms. The van der Waals surface area contributed by atoms with E-state index in [2.05, 4.69) is 24.9 Å². The largest absolute Gasteiger partial charge is 0.384 e. The fraction of sp³-hybridized carbons (Fsp3) is 0.643. The molecule has 1 aromatic heterocycles. The van der Waals surface area contributed by atoms with E-state index in [1.54, 1.807) is 0 Å². The third kappa shape index (κ3) is 2.21. The van der Waals surface area contributed by atoms with E-state index in [9.17, 15) is 0 Å². The van der Waals surface area contributed by atoms with Crippen LogP contribution in [0, 0.1) is 5.92 Å². The van der Waals surface area contributed by atoms with Gasteiger partial charge >= 0.3 is 0 Å². The second-order valence-electron chi connectivity index (χ2n) is 5.53. The van der Waals surface area contributed by atoms with Crippen molar-refractivity contribution in [2.75, 3.05) is 5.73 Å². The van der Waals surface area contributed by atoms with Crippen LogP contribution in [-0.4, -0.2) is 4.98 Å². The Bertz CT molecular complexity index is 352. The maximum Gasteiger partial charge on any atom is 0.123 e. The number of nitrogens with two attached hydrogens (primary N) is 1. The predicted molar refractivity (Wildman–Crippen MR) is 68.3 cm³/mol. The minimum absolute atomic E-state index is 0.234. The van der Waals surface area contributed by atoms with Gasteiger partial charge in [-0.25, -0.2) is 4.98 Å². The lowest BCUT2D eigenvalue weighted by molar-refractivity contribution is 0.236. The summed E-state index contributed by atoms with van der Waals surface area (Å²) in [6.07, 6.45) is 8.72. The molecule has 0 spiro atoms. The lowest BCUT2D eigenvalue weighted by atomic mass is 9.68. The number of nitrogen functional groups attached to an aromatic ring is 1. The Hall–Kier alpha value is -1.05. The Labute approximate surface area is 98.3 Å². The van der Waals surface area contributed by atoms with Crippen molar-refractivity contribution in [3.8, 4) is 0 Å². The van der Waals surface area contributed by atoms with E-state index in [0.29, 0.717) is 5.82 Å². The lowest BCUT2D eigenvalue weighted by Crippen LogP contribution is -2.30. The van der Waals surface area contributed by atoms with Gasteiger partial charge in [-0.15, -0.1) is 0 Å². The molecule has 2 N–H and O–H groups in total. The zero-order valence-corrected chi connectivity index (χ0v) is 10.4. The molecule has 0 bridgehead atoms. The average Bonchev–Trinajstić information content (AvgIpc) is 2.30. The van der Waals surface area contributed by atoms with E-state index in [0.717, 1.165) is 5.92 Å². The average molecular weight is 218 g/mol. The van der Waals surface area contributed by atoms with Crippen LogP contribution in [0.1, 0.15) is 51.5 Å². The number of pyridine rings is 1. The molecule has 1 aliphatic carbocycles. The quantitative estimate of drug-likeness (QED) is 0.824. The minimum atomic E-state index is 0.234. The minimum Gasteiger partial charge on any atom is -0.384 e. The number of anilines is 1. The summed E-state index contributed by atoms with van der Waals surface area (Å²) < 4.78 is 0. The first-order valence-electron chi connectivity index (χ1n) is 6.33. The van der Waals surface area contributed by atoms with Gasteiger partial charge in [0.05, 0.1) is 0 Å². The summed E-state index contributed by atoms with van der Waals surface area (Å²) in [5, 5.41) is 0. The zero-order chi connectivity index (χ0) is 11.6. The highest BCUT2D eigenvalue weighted by Crippen LogP contribution is 2.40. The highest BCUT2D eigenvalue weighted by Gasteiger charge is 2.32. The summed E-state index contributed by atoms with van der Waals surface area (Å²) in [5.41, 5.74) is 7.35. The molecule has 16 heavy (non-hydrogen) atoms. The van der Waals surface area contributed by atoms with Gasteiger partial charge in [0.25, 0.3) is 0 Å². The highest BCUT2D eigenvalue weighted by molar-refractivity contribution is 5.36. The van der Waals surface area contributed by atoms with Crippen molar-refractivity contribution in [1.29, 1.82) is 0 Å². The maximum atomic E-state index is 5.77. The molecule has 0 saturated heterocycles. The van der Waals surface area contributed by atoms with Gasteiger partial charge in [-0.05, 0) is 41.9 Å². The fourth-order valence-corrected chi connectivity index (χ4v) is 2.91. The van der Waals surface area contributed by atoms with Gasteiger partial charge in [-0.1, -0.05) is 33.1 Å². The predicted octanol–water partition coefficient (Wildman–Crippen LogP) is 3.52. The molecule has 1 heterocycles. The van der Waals surface area contributed by atoms with Crippen LogP contribution < -0.4 is 5.73 Å². The molecule has 88 valence electrons. The Kier molecular flexibility index (Phi) is 3.17. The molecule has 0 unspecified atom stereocenters. The van der Waals surface area contributed by atoms with Gasteiger partial charge in [-0.2, -0.15) is 0 Å². The van der Waals surface area contributed by atoms with E-state index < -0.39 is 0 Å². The monoisotopic (exact) mass is 218 g/mol. The molecule has 0 amide bonds. The topological polar surface area (TPSA) is 38.9 Å². The maximum absolute atomic E-state index is 5.77. The van der Waals surface area contributed by atoms with Crippen LogP contribution in [0.4, 0.5) is 5.82 Å². The van der Waals surface area contributed by atoms with Crippen molar-refractivity contribution in [2.24, 2.45) is 5.92 Å². The third-order valence-corrected chi connectivity index (χ3v) is 4.15. The first kappa shape index (κ1) is 11.4. The zero-order valence-electron chi connectivity index (χ0n) is 10.4. The second kappa shape index (κ2) is 4.44. The van der Waals surface area contributed by atoms with Gasteiger partial charge in [0.2, 0.25) is 0 Å². The molecule has 0 aromatic carbocycles. The number of rotatable bonds is 2. The Morgan fingerprint density at radius 2 is 1.94 bits per heavy atom. The standard InChI is InChI=1S/C14H22N2/c1-14(2,11-6-4-3-5-7-11)12-8-9-16-13(15)10-12/h8-11H,3-7H2,1-2H3,(H2,15,16). The van der Waals surface area contributed by atoms with Crippen molar-refractivity contribution in [3.63, 3.8) is 0 Å². The van der Waals surface area contributed by atoms with Crippen molar-refractivity contribution in [2.45, 2.75) is 51.4 Å². The van der Waals surface area contributed by atoms with Crippen LogP contribution in [-0.2, 0) is 5.41 Å². The molecule has 0 atom stereocenters. The molecule has 2 rings (SSSR count). The number of nitrogens with zero attached hydrogens (tertiary/aromatic N) is 1. The normalized spacial score (nSPS) is 18.6. The van der Waals surface area contributed by atoms with Crippen LogP contribution in [0.2, 0.25) is 0 Å². The van der Waals surface area contributed by atoms with Crippen molar-refractivity contribution >= 4 is 5.82 Å². The molecule has 0 aliphatic heterocycles. The number of aromatic nitrogens is 1. The van der Waals surface area contributed by atoms with E-state index in [1.165, 1.54) is 37.7 Å². The van der Waals surface area contributed by atoms with Crippen LogP contribution in [0.5, 0.6) is 0 Å². The van der Waals surface area contributed by atoms with Gasteiger partial charge in [0.1, 0.15) is 5.82 Å². The van der Waals surface area contributed by atoms with E-state index in [1.807, 2.05) is 12.3 Å². The van der Waals surface area contributed by atoms with Gasteiger partial charge in [0, 0.05) is 6.20 Å². The highest BCUT2D eigenvalue weighted by atomic mass is 14.8. The number of hydrogen-bond acceptors (Lipinski definition) is 2. The van der Waals surface area contributed by atoms with Crippen LogP contribution in [0.3, 0.4) is 0 Å². The Morgan fingerprint density at radius 3 is 2.56 bits per heavy atom. The molecule has 2 nitrogen and oxygen atoms in total. The number of hydrogen-bond donors (Lipinski definition) is 1. The fourth-order valence-electron chi connectivity index (χ4n) is 2.91. The summed E-state index contributed by atoms with van der Waals surface area (Å²) in [6, 6.07) is 4.15. The Morgan fingerprint density at radius 1 is 1.25 bits per heavy atom. The molecule has 1 aromatic rings. The van der Waals surface area contributed by atoms with Crippen LogP contribution in [0.15, 0.2) is 18.3 Å². The van der Waals surface area contributed by atoms with Gasteiger partial charge < -0.3 is 5.73 Å². The van der Waals surface area contributed by atoms with Crippen molar-refractivity contribution in [3.05, 3.63) is 23.9 Å². The molecular weight excluding hydrogens is 196 g/mol. The molecule has 1 saturated carbocycles. The molecule has 1 aliphatic rings. The summed E-state index contributed by atoms with van der Waals surface area (Å²) in [6.45, 7) is 4.69. The molecular formula is C14H22N2. The van der Waals surface area contributed by atoms with E-state index in [-0.39, 0.29) is 5.41 Å². The summed E-state index contributed by atoms with van der Waals surface area (Å²) in [7, 11) is 0. The molecule has 0 radical (unpaired) electrons. The van der Waals surface area contributed by atoms with E-state index in [4.69, 9.17) is 5.73 Å². The summed E-state index contributed by atoms with van der Waals surface area (Å²) in [4.78, 5) is 4.08. The summed E-state index contributed by atoms with van der Waals surface area (Å²) >= 11 is 0. The third-order valence-electron chi connectivity index (χ3n) is 4.15.